The highest BCUT2D eigenvalue weighted by molar-refractivity contribution is 5.94. The van der Waals surface area contributed by atoms with Gasteiger partial charge >= 0.3 is 0 Å². The molecule has 0 saturated heterocycles. The smallest absolute Gasteiger partial charge is 0.247 e. The predicted octanol–water partition coefficient (Wildman–Crippen LogP) is 5.68. The number of amides is 2. The van der Waals surface area contributed by atoms with Crippen molar-refractivity contribution in [1.82, 2.24) is 16.0 Å². The first kappa shape index (κ1) is 30.2. The fraction of sp³-hybridized carbons (Fsp3) is 0.353. The average molecular weight is 558 g/mol. The number of hydrogen-bond donors (Lipinski definition) is 3. The molecule has 216 valence electrons. The van der Waals surface area contributed by atoms with Crippen LogP contribution in [0.5, 0.6) is 0 Å². The van der Waals surface area contributed by atoms with Gasteiger partial charge < -0.3 is 20.7 Å². The summed E-state index contributed by atoms with van der Waals surface area (Å²) in [5.74, 6) is -0.665. The van der Waals surface area contributed by atoms with Crippen LogP contribution >= 0.6 is 0 Å². The van der Waals surface area contributed by atoms with Crippen molar-refractivity contribution >= 4 is 11.8 Å². The monoisotopic (exact) mass is 557 g/mol. The zero-order chi connectivity index (χ0) is 29.2. The third-order valence-electron chi connectivity index (χ3n) is 7.51. The van der Waals surface area contributed by atoms with Gasteiger partial charge in [-0.25, -0.2) is 4.39 Å². The van der Waals surface area contributed by atoms with Crippen molar-refractivity contribution in [1.29, 1.82) is 0 Å². The van der Waals surface area contributed by atoms with Crippen LogP contribution in [-0.4, -0.2) is 36.1 Å². The Hall–Kier alpha value is -3.81. The normalized spacial score (nSPS) is 18.6. The first-order valence-electron chi connectivity index (χ1n) is 14.4. The maximum atomic E-state index is 13.3. The number of ether oxygens (including phenoxy) is 1. The van der Waals surface area contributed by atoms with Gasteiger partial charge in [-0.05, 0) is 59.7 Å². The summed E-state index contributed by atoms with van der Waals surface area (Å²) in [5, 5.41) is 9.65. The van der Waals surface area contributed by atoms with Crippen LogP contribution in [0.1, 0.15) is 51.2 Å². The van der Waals surface area contributed by atoms with Crippen LogP contribution in [0.15, 0.2) is 90.5 Å². The highest BCUT2D eigenvalue weighted by Gasteiger charge is 2.37. The molecular weight excluding hydrogens is 517 g/mol. The van der Waals surface area contributed by atoms with Crippen molar-refractivity contribution in [3.63, 3.8) is 0 Å². The molecule has 0 spiro atoms. The molecule has 0 aliphatic heterocycles. The van der Waals surface area contributed by atoms with E-state index >= 15 is 0 Å². The SMILES string of the molecule is CCC(CC)O[C@@H]1C=C(C(=O)NCc2ccc(F)cc2)C[C@H](NCc2ccc(-c3ccccc3)cc2)[C@H]1NC(C)=O. The Balaban J connectivity index is 1.51. The summed E-state index contributed by atoms with van der Waals surface area (Å²) in [5.41, 5.74) is 4.81. The van der Waals surface area contributed by atoms with Gasteiger partial charge in [0.1, 0.15) is 5.82 Å². The van der Waals surface area contributed by atoms with E-state index in [2.05, 4.69) is 66.2 Å². The summed E-state index contributed by atoms with van der Waals surface area (Å²) >= 11 is 0. The zero-order valence-corrected chi connectivity index (χ0v) is 24.0. The molecule has 41 heavy (non-hydrogen) atoms. The van der Waals surface area contributed by atoms with Crippen LogP contribution in [0.2, 0.25) is 0 Å². The molecule has 0 heterocycles. The largest absolute Gasteiger partial charge is 0.369 e. The van der Waals surface area contributed by atoms with Gasteiger partial charge in [0.15, 0.2) is 0 Å². The first-order valence-corrected chi connectivity index (χ1v) is 14.4. The second kappa shape index (κ2) is 14.7. The lowest BCUT2D eigenvalue weighted by Crippen LogP contribution is -2.58. The number of halogens is 1. The molecule has 1 aliphatic carbocycles. The van der Waals surface area contributed by atoms with E-state index in [-0.39, 0.29) is 42.4 Å². The quantitative estimate of drug-likeness (QED) is 0.268. The Kier molecular flexibility index (Phi) is 10.8. The third kappa shape index (κ3) is 8.59. The van der Waals surface area contributed by atoms with E-state index in [1.54, 1.807) is 12.1 Å². The minimum Gasteiger partial charge on any atom is -0.369 e. The molecule has 3 aromatic carbocycles. The van der Waals surface area contributed by atoms with Crippen LogP contribution in [-0.2, 0) is 27.4 Å². The zero-order valence-electron chi connectivity index (χ0n) is 24.0. The first-order chi connectivity index (χ1) is 19.9. The number of nitrogens with one attached hydrogen (secondary N) is 3. The van der Waals surface area contributed by atoms with E-state index in [4.69, 9.17) is 4.74 Å². The third-order valence-corrected chi connectivity index (χ3v) is 7.51. The maximum absolute atomic E-state index is 13.3. The molecule has 3 aromatic rings. The molecule has 1 aliphatic rings. The van der Waals surface area contributed by atoms with Crippen molar-refractivity contribution in [2.75, 3.05) is 0 Å². The molecule has 0 radical (unpaired) electrons. The van der Waals surface area contributed by atoms with E-state index in [9.17, 15) is 14.0 Å². The lowest BCUT2D eigenvalue weighted by Gasteiger charge is -2.39. The average Bonchev–Trinajstić information content (AvgIpc) is 2.99. The minimum absolute atomic E-state index is 0.000292. The fourth-order valence-electron chi connectivity index (χ4n) is 5.17. The number of rotatable bonds is 12. The molecule has 7 heteroatoms. The van der Waals surface area contributed by atoms with Gasteiger partial charge in [-0.15, -0.1) is 0 Å². The van der Waals surface area contributed by atoms with Crippen LogP contribution in [0.4, 0.5) is 4.39 Å². The number of carbonyl (C=O) groups is 2. The maximum Gasteiger partial charge on any atom is 0.247 e. The standard InChI is InChI=1S/C34H40FN3O3/c1-4-30(5-2)41-32-20-28(34(40)37-22-25-13-17-29(35)18-14-25)19-31(33(32)38-23(3)39)36-21-24-11-15-27(16-12-24)26-9-7-6-8-10-26/h6-18,20,30-33,36H,4-5,19,21-22H2,1-3H3,(H,37,40)(H,38,39)/t31-,32+,33+/m0/s1. The van der Waals surface area contributed by atoms with Gasteiger partial charge in [0, 0.05) is 31.6 Å². The van der Waals surface area contributed by atoms with Crippen molar-refractivity contribution in [2.24, 2.45) is 0 Å². The van der Waals surface area contributed by atoms with Gasteiger partial charge in [-0.3, -0.25) is 9.59 Å². The number of carbonyl (C=O) groups excluding carboxylic acids is 2. The van der Waals surface area contributed by atoms with Gasteiger partial charge in [0.25, 0.3) is 0 Å². The Morgan fingerprint density at radius 3 is 2.12 bits per heavy atom. The number of hydrogen-bond acceptors (Lipinski definition) is 4. The van der Waals surface area contributed by atoms with Gasteiger partial charge in [0.2, 0.25) is 11.8 Å². The molecular formula is C34H40FN3O3. The summed E-state index contributed by atoms with van der Waals surface area (Å²) in [6.45, 7) is 6.49. The van der Waals surface area contributed by atoms with Gasteiger partial charge in [-0.2, -0.15) is 0 Å². The van der Waals surface area contributed by atoms with E-state index < -0.39 is 6.10 Å². The molecule has 0 bridgehead atoms. The molecule has 0 unspecified atom stereocenters. The number of benzene rings is 3. The molecule has 3 atom stereocenters. The molecule has 0 fully saturated rings. The molecule has 2 amide bonds. The van der Waals surface area contributed by atoms with E-state index in [1.807, 2.05) is 24.3 Å². The van der Waals surface area contributed by atoms with Gasteiger partial charge in [0.05, 0.1) is 18.2 Å². The van der Waals surface area contributed by atoms with Crippen molar-refractivity contribution in [3.8, 4) is 11.1 Å². The van der Waals surface area contributed by atoms with Crippen molar-refractivity contribution in [2.45, 2.75) is 77.4 Å². The van der Waals surface area contributed by atoms with E-state index in [1.165, 1.54) is 19.1 Å². The van der Waals surface area contributed by atoms with Crippen molar-refractivity contribution < 1.29 is 18.7 Å². The molecule has 0 aromatic heterocycles. The van der Waals surface area contributed by atoms with E-state index in [0.29, 0.717) is 18.5 Å². The second-order valence-corrected chi connectivity index (χ2v) is 10.5. The second-order valence-electron chi connectivity index (χ2n) is 10.5. The highest BCUT2D eigenvalue weighted by atomic mass is 19.1. The van der Waals surface area contributed by atoms with Gasteiger partial charge in [-0.1, -0.05) is 80.6 Å². The van der Waals surface area contributed by atoms with Crippen LogP contribution in [0.25, 0.3) is 11.1 Å². The summed E-state index contributed by atoms with van der Waals surface area (Å²) in [7, 11) is 0. The Labute approximate surface area is 242 Å². The summed E-state index contributed by atoms with van der Waals surface area (Å²) < 4.78 is 19.8. The lowest BCUT2D eigenvalue weighted by atomic mass is 9.86. The summed E-state index contributed by atoms with van der Waals surface area (Å²) in [6.07, 6.45) is 3.45. The lowest BCUT2D eigenvalue weighted by molar-refractivity contribution is -0.121. The molecule has 3 N–H and O–H groups in total. The Morgan fingerprint density at radius 1 is 0.878 bits per heavy atom. The minimum atomic E-state index is -0.470. The highest BCUT2D eigenvalue weighted by Crippen LogP contribution is 2.26. The topological polar surface area (TPSA) is 79.5 Å². The predicted molar refractivity (Wildman–Crippen MR) is 160 cm³/mol. The Morgan fingerprint density at radius 2 is 1.49 bits per heavy atom. The van der Waals surface area contributed by atoms with Crippen molar-refractivity contribution in [3.05, 3.63) is 107 Å². The van der Waals surface area contributed by atoms with E-state index in [0.717, 1.165) is 35.1 Å². The molecule has 6 nitrogen and oxygen atoms in total. The van der Waals surface area contributed by atoms with Crippen LogP contribution in [0, 0.1) is 5.82 Å². The summed E-state index contributed by atoms with van der Waals surface area (Å²) in [6, 6.07) is 24.1. The molecule has 0 saturated carbocycles. The van der Waals surface area contributed by atoms with Crippen LogP contribution < -0.4 is 16.0 Å². The molecule has 4 rings (SSSR count). The fourth-order valence-corrected chi connectivity index (χ4v) is 5.17. The van der Waals surface area contributed by atoms with Crippen LogP contribution in [0.3, 0.4) is 0 Å². The Bertz CT molecular complexity index is 1310. The summed E-state index contributed by atoms with van der Waals surface area (Å²) in [4.78, 5) is 25.6.